The molecule has 1 aliphatic heterocycles. The summed E-state index contributed by atoms with van der Waals surface area (Å²) >= 11 is 0. The van der Waals surface area contributed by atoms with Crippen molar-refractivity contribution in [1.82, 2.24) is 15.5 Å². The fourth-order valence-corrected chi connectivity index (χ4v) is 3.92. The van der Waals surface area contributed by atoms with Gasteiger partial charge in [-0.1, -0.05) is 30.3 Å². The zero-order chi connectivity index (χ0) is 24.1. The van der Waals surface area contributed by atoms with E-state index in [4.69, 9.17) is 0 Å². The van der Waals surface area contributed by atoms with E-state index >= 15 is 0 Å². The van der Waals surface area contributed by atoms with Crippen LogP contribution in [0.25, 0.3) is 0 Å². The van der Waals surface area contributed by atoms with Gasteiger partial charge in [-0.25, -0.2) is 8.78 Å². The van der Waals surface area contributed by atoms with E-state index in [0.717, 1.165) is 24.1 Å². The van der Waals surface area contributed by atoms with Gasteiger partial charge >= 0.3 is 0 Å². The van der Waals surface area contributed by atoms with Gasteiger partial charge in [0.2, 0.25) is 11.8 Å². The van der Waals surface area contributed by atoms with Crippen LogP contribution in [-0.4, -0.2) is 53.4 Å². The number of carbonyl (C=O) groups excluding carboxylic acids is 3. The minimum atomic E-state index is -1.86. The zero-order valence-corrected chi connectivity index (χ0v) is 18.4. The summed E-state index contributed by atoms with van der Waals surface area (Å²) in [6.07, 6.45) is -0.704. The van der Waals surface area contributed by atoms with Crippen LogP contribution in [0.4, 0.5) is 8.78 Å². The molecule has 0 spiro atoms. The molecule has 0 unspecified atom stereocenters. The number of rotatable bonds is 6. The maximum Gasteiger partial charge on any atom is 0.254 e. The highest BCUT2D eigenvalue weighted by atomic mass is 19.1. The number of likely N-dealkylation sites (tertiary alicyclic amines) is 1. The quantitative estimate of drug-likeness (QED) is 0.616. The third kappa shape index (κ3) is 6.13. The number of nitrogens with one attached hydrogen (secondary N) is 2. The molecule has 0 aromatic heterocycles. The molecule has 3 amide bonds. The summed E-state index contributed by atoms with van der Waals surface area (Å²) in [5.74, 6) is -3.63. The Hall–Kier alpha value is -3.33. The molecule has 0 radical (unpaired) electrons. The summed E-state index contributed by atoms with van der Waals surface area (Å²) < 4.78 is 26.8. The molecule has 1 aliphatic rings. The molecule has 1 heterocycles. The van der Waals surface area contributed by atoms with Crippen molar-refractivity contribution >= 4 is 17.7 Å². The van der Waals surface area contributed by atoms with Gasteiger partial charge in [0.1, 0.15) is 23.7 Å². The van der Waals surface area contributed by atoms with E-state index in [1.54, 1.807) is 11.9 Å². The van der Waals surface area contributed by atoms with Gasteiger partial charge in [0.05, 0.1) is 0 Å². The van der Waals surface area contributed by atoms with Crippen LogP contribution < -0.4 is 10.6 Å². The number of nitrogens with zero attached hydrogens (tertiary/aromatic N) is 1. The van der Waals surface area contributed by atoms with Crippen molar-refractivity contribution in [2.45, 2.75) is 43.9 Å². The lowest BCUT2D eigenvalue weighted by Gasteiger charge is -2.24. The highest BCUT2D eigenvalue weighted by Gasteiger charge is 2.33. The second-order valence-corrected chi connectivity index (χ2v) is 8.29. The van der Waals surface area contributed by atoms with Gasteiger partial charge in [0.15, 0.2) is 6.10 Å². The molecular weight excluding hydrogens is 432 g/mol. The van der Waals surface area contributed by atoms with Crippen LogP contribution in [-0.2, 0) is 14.4 Å². The van der Waals surface area contributed by atoms with Gasteiger partial charge in [-0.05, 0) is 48.9 Å². The molecule has 3 rings (SSSR count). The Morgan fingerprint density at radius 2 is 1.73 bits per heavy atom. The number of aliphatic hydroxyl groups is 1. The Balaban J connectivity index is 1.65. The summed E-state index contributed by atoms with van der Waals surface area (Å²) in [5.41, 5.74) is 0.801. The lowest BCUT2D eigenvalue weighted by atomic mass is 9.90. The van der Waals surface area contributed by atoms with Crippen LogP contribution in [0.1, 0.15) is 42.9 Å². The predicted molar refractivity (Wildman–Crippen MR) is 117 cm³/mol. The average Bonchev–Trinajstić information content (AvgIpc) is 2.92. The van der Waals surface area contributed by atoms with Crippen LogP contribution in [0.15, 0.2) is 48.5 Å². The van der Waals surface area contributed by atoms with Crippen molar-refractivity contribution in [3.05, 3.63) is 71.3 Å². The van der Waals surface area contributed by atoms with E-state index in [1.165, 1.54) is 6.92 Å². The summed E-state index contributed by atoms with van der Waals surface area (Å²) in [5, 5.41) is 15.1. The van der Waals surface area contributed by atoms with Gasteiger partial charge in [-0.3, -0.25) is 14.4 Å². The Bertz CT molecular complexity index is 998. The molecule has 176 valence electrons. The molecule has 2 aromatic carbocycles. The topological polar surface area (TPSA) is 98.7 Å². The van der Waals surface area contributed by atoms with Gasteiger partial charge in [-0.2, -0.15) is 0 Å². The van der Waals surface area contributed by atoms with E-state index in [2.05, 4.69) is 10.6 Å². The largest absolute Gasteiger partial charge is 0.378 e. The maximum absolute atomic E-state index is 13.4. The normalized spacial score (nSPS) is 20.5. The monoisotopic (exact) mass is 459 g/mol. The number of carbonyl (C=O) groups is 3. The third-order valence-electron chi connectivity index (χ3n) is 5.80. The first-order valence-corrected chi connectivity index (χ1v) is 10.7. The molecule has 0 bridgehead atoms. The Kier molecular flexibility index (Phi) is 7.75. The highest BCUT2D eigenvalue weighted by Crippen LogP contribution is 2.28. The number of amides is 3. The Morgan fingerprint density at radius 3 is 2.36 bits per heavy atom. The highest BCUT2D eigenvalue weighted by molar-refractivity contribution is 5.92. The fourth-order valence-electron chi connectivity index (χ4n) is 3.92. The van der Waals surface area contributed by atoms with E-state index < -0.39 is 41.6 Å². The lowest BCUT2D eigenvalue weighted by molar-refractivity contribution is -0.137. The number of hydrogen-bond donors (Lipinski definition) is 3. The third-order valence-corrected chi connectivity index (χ3v) is 5.80. The molecular formula is C24H27F2N3O4. The lowest BCUT2D eigenvalue weighted by Crippen LogP contribution is -2.53. The minimum absolute atomic E-state index is 0.0694. The smallest absolute Gasteiger partial charge is 0.254 e. The van der Waals surface area contributed by atoms with Crippen LogP contribution in [0.3, 0.4) is 0 Å². The molecule has 33 heavy (non-hydrogen) atoms. The molecule has 4 atom stereocenters. The number of aliphatic hydroxyl groups excluding tert-OH is 1. The van der Waals surface area contributed by atoms with Crippen molar-refractivity contribution in [3.63, 3.8) is 0 Å². The first-order chi connectivity index (χ1) is 15.7. The molecule has 9 heteroatoms. The van der Waals surface area contributed by atoms with Gasteiger partial charge in [0, 0.05) is 19.7 Å². The summed E-state index contributed by atoms with van der Waals surface area (Å²) in [4.78, 5) is 39.4. The van der Waals surface area contributed by atoms with Crippen LogP contribution in [0.2, 0.25) is 0 Å². The van der Waals surface area contributed by atoms with Crippen molar-refractivity contribution < 1.29 is 28.3 Å². The molecule has 7 nitrogen and oxygen atoms in total. The SMILES string of the molecule is C[C@H](NC(=O)[C@H](O)c1cc(F)cc(F)c1)C(=O)N[C@H]1C[C@@H](c2ccccc2)CCN(C)C1=O. The van der Waals surface area contributed by atoms with Crippen LogP contribution in [0, 0.1) is 11.6 Å². The minimum Gasteiger partial charge on any atom is -0.378 e. The Morgan fingerprint density at radius 1 is 1.09 bits per heavy atom. The second-order valence-electron chi connectivity index (χ2n) is 8.29. The average molecular weight is 459 g/mol. The van der Waals surface area contributed by atoms with Crippen LogP contribution in [0.5, 0.6) is 0 Å². The molecule has 3 N–H and O–H groups in total. The van der Waals surface area contributed by atoms with E-state index in [1.807, 2.05) is 30.3 Å². The fraction of sp³-hybridized carbons (Fsp3) is 0.375. The van der Waals surface area contributed by atoms with E-state index in [-0.39, 0.29) is 17.4 Å². The molecule has 0 aliphatic carbocycles. The summed E-state index contributed by atoms with van der Waals surface area (Å²) in [7, 11) is 1.68. The molecule has 0 saturated carbocycles. The van der Waals surface area contributed by atoms with Crippen molar-refractivity contribution in [3.8, 4) is 0 Å². The molecule has 2 aromatic rings. The van der Waals surface area contributed by atoms with Crippen molar-refractivity contribution in [1.29, 1.82) is 0 Å². The predicted octanol–water partition coefficient (Wildman–Crippen LogP) is 2.02. The first-order valence-electron chi connectivity index (χ1n) is 10.7. The molecule has 1 fully saturated rings. The standard InChI is InChI=1S/C24H27F2N3O4/c1-14(27-23(32)21(30)17-10-18(25)13-19(26)11-17)22(31)28-20-12-16(8-9-29(2)24(20)33)15-6-4-3-5-7-15/h3-7,10-11,13-14,16,20-21,30H,8-9,12H2,1-2H3,(H,27,32)(H,28,31)/t14-,16-,20-,21+/m0/s1. The Labute approximate surface area is 190 Å². The first kappa shape index (κ1) is 24.3. The van der Waals surface area contributed by atoms with Gasteiger partial charge < -0.3 is 20.6 Å². The summed E-state index contributed by atoms with van der Waals surface area (Å²) in [6, 6.07) is 10.1. The zero-order valence-electron chi connectivity index (χ0n) is 18.4. The maximum atomic E-state index is 13.4. The van der Waals surface area contributed by atoms with Crippen molar-refractivity contribution in [2.24, 2.45) is 0 Å². The number of likely N-dealkylation sites (N-methyl/N-ethyl adjacent to an activating group) is 1. The molecule has 1 saturated heterocycles. The second kappa shape index (κ2) is 10.5. The van der Waals surface area contributed by atoms with Gasteiger partial charge in [-0.15, -0.1) is 0 Å². The number of benzene rings is 2. The van der Waals surface area contributed by atoms with E-state index in [9.17, 15) is 28.3 Å². The van der Waals surface area contributed by atoms with Gasteiger partial charge in [0.25, 0.3) is 5.91 Å². The van der Waals surface area contributed by atoms with E-state index in [0.29, 0.717) is 19.0 Å². The van der Waals surface area contributed by atoms with Crippen LogP contribution >= 0.6 is 0 Å². The summed E-state index contributed by atoms with van der Waals surface area (Å²) in [6.45, 7) is 1.94. The van der Waals surface area contributed by atoms with Crippen molar-refractivity contribution in [2.75, 3.05) is 13.6 Å². The number of halogens is 2. The number of hydrogen-bond acceptors (Lipinski definition) is 4.